The van der Waals surface area contributed by atoms with Gasteiger partial charge in [0.15, 0.2) is 0 Å². The van der Waals surface area contributed by atoms with Gasteiger partial charge in [-0.05, 0) is 78.6 Å². The molecule has 0 aromatic heterocycles. The molecule has 3 rings (SSSR count). The Labute approximate surface area is 355 Å². The lowest BCUT2D eigenvalue weighted by Crippen LogP contribution is -2.50. The Balaban J connectivity index is 0.00000112. The Hall–Kier alpha value is -6.06. The minimum atomic E-state index is -1.18. The Morgan fingerprint density at radius 2 is 1.52 bits per heavy atom. The monoisotopic (exact) mass is 842 g/mol. The highest BCUT2D eigenvalue weighted by Crippen LogP contribution is 2.27. The van der Waals surface area contributed by atoms with Crippen LogP contribution >= 0.6 is 0 Å². The van der Waals surface area contributed by atoms with Crippen molar-refractivity contribution in [1.29, 1.82) is 0 Å². The molecule has 334 valence electrons. The van der Waals surface area contributed by atoms with Crippen molar-refractivity contribution in [2.45, 2.75) is 105 Å². The Kier molecular flexibility index (Phi) is 23.5. The number of nitrogens with one attached hydrogen (secondary N) is 2. The normalized spacial score (nSPS) is 14.2. The number of nitrogens with zero attached hydrogens (tertiary/aromatic N) is 2. The zero-order valence-electron chi connectivity index (χ0n) is 34.8. The van der Waals surface area contributed by atoms with Gasteiger partial charge in [-0.3, -0.25) is 29.0 Å². The summed E-state index contributed by atoms with van der Waals surface area (Å²) in [7, 11) is 2.45. The number of hydrogen-bond acceptors (Lipinski definition) is 12. The summed E-state index contributed by atoms with van der Waals surface area (Å²) in [6, 6.07) is 11.6. The molecule has 2 aromatic rings. The number of ether oxygens (including phenoxy) is 6. The van der Waals surface area contributed by atoms with Gasteiger partial charge in [-0.15, -0.1) is 6.58 Å². The molecular weight excluding hydrogens is 776 g/mol. The van der Waals surface area contributed by atoms with Crippen molar-refractivity contribution in [3.63, 3.8) is 0 Å². The predicted octanol–water partition coefficient (Wildman–Crippen LogP) is 7.78. The van der Waals surface area contributed by atoms with E-state index in [1.165, 1.54) is 25.2 Å². The van der Waals surface area contributed by atoms with Crippen molar-refractivity contribution < 1.29 is 57.2 Å². The largest absolute Gasteiger partial charge is 0.491 e. The van der Waals surface area contributed by atoms with Gasteiger partial charge < -0.3 is 39.1 Å². The summed E-state index contributed by atoms with van der Waals surface area (Å²) in [5.74, 6) is -1.37. The fourth-order valence-corrected chi connectivity index (χ4v) is 5.19. The predicted molar refractivity (Wildman–Crippen MR) is 231 cm³/mol. The highest BCUT2D eigenvalue weighted by atomic mass is 16.6. The van der Waals surface area contributed by atoms with Gasteiger partial charge in [0.25, 0.3) is 0 Å². The highest BCUT2D eigenvalue weighted by Gasteiger charge is 2.36. The zero-order chi connectivity index (χ0) is 43.5. The molecule has 2 atom stereocenters. The number of rotatable bonds is 12. The number of anilines is 2. The van der Waals surface area contributed by atoms with Crippen LogP contribution in [0.5, 0.6) is 11.5 Å². The molecule has 0 unspecified atom stereocenters. The first kappa shape index (κ1) is 53.9. The van der Waals surface area contributed by atoms with Crippen molar-refractivity contribution >= 4 is 47.3 Å². The van der Waals surface area contributed by atoms with Crippen molar-refractivity contribution in [2.24, 2.45) is 0 Å². The molecule has 4 amide bonds. The summed E-state index contributed by atoms with van der Waals surface area (Å²) in [6.45, 7) is 18.5. The summed E-state index contributed by atoms with van der Waals surface area (Å²) in [4.78, 5) is 77.9. The molecule has 1 aliphatic heterocycles. The Bertz CT molecular complexity index is 1730. The van der Waals surface area contributed by atoms with E-state index in [1.807, 2.05) is 6.07 Å². The lowest BCUT2D eigenvalue weighted by Gasteiger charge is -2.32. The number of benzene rings is 2. The van der Waals surface area contributed by atoms with Gasteiger partial charge in [-0.2, -0.15) is 0 Å². The smallest absolute Gasteiger partial charge is 0.411 e. The van der Waals surface area contributed by atoms with Crippen LogP contribution < -0.4 is 20.1 Å². The molecule has 0 spiro atoms. The second-order valence-corrected chi connectivity index (χ2v) is 14.8. The van der Waals surface area contributed by atoms with Crippen LogP contribution in [0.3, 0.4) is 0 Å². The van der Waals surface area contributed by atoms with Gasteiger partial charge >= 0.3 is 24.1 Å². The number of methoxy groups -OCH3 is 2. The van der Waals surface area contributed by atoms with E-state index in [1.54, 1.807) is 90.1 Å². The minimum Gasteiger partial charge on any atom is -0.491 e. The van der Waals surface area contributed by atoms with Crippen molar-refractivity contribution in [2.75, 3.05) is 51.2 Å². The molecule has 0 aliphatic carbocycles. The number of esters is 2. The number of hydrogen-bond donors (Lipinski definition) is 2. The average molecular weight is 843 g/mol. The van der Waals surface area contributed by atoms with E-state index >= 15 is 0 Å². The van der Waals surface area contributed by atoms with Crippen molar-refractivity contribution in [1.82, 2.24) is 9.80 Å². The van der Waals surface area contributed by atoms with E-state index in [0.29, 0.717) is 42.3 Å². The molecule has 16 heteroatoms. The molecule has 1 heterocycles. The van der Waals surface area contributed by atoms with E-state index < -0.39 is 59.2 Å². The van der Waals surface area contributed by atoms with Gasteiger partial charge in [0, 0.05) is 13.1 Å². The van der Waals surface area contributed by atoms with E-state index in [-0.39, 0.29) is 47.4 Å². The lowest BCUT2D eigenvalue weighted by atomic mass is 10.1. The summed E-state index contributed by atoms with van der Waals surface area (Å²) >= 11 is 0. The molecule has 0 saturated heterocycles. The van der Waals surface area contributed by atoms with Crippen LogP contribution in [0.4, 0.5) is 21.0 Å². The maximum atomic E-state index is 13.1. The summed E-state index contributed by atoms with van der Waals surface area (Å²) in [5.41, 5.74) is -0.644. The maximum Gasteiger partial charge on any atom is 0.411 e. The molecule has 0 radical (unpaired) electrons. The molecule has 2 N–H and O–H groups in total. The Morgan fingerprint density at radius 3 is 2.12 bits per heavy atom. The molecule has 0 saturated carbocycles. The fourth-order valence-electron chi connectivity index (χ4n) is 5.19. The molecular formula is C44H66N4O12. The summed E-state index contributed by atoms with van der Waals surface area (Å²) < 4.78 is 31.6. The second kappa shape index (κ2) is 26.1. The maximum absolute atomic E-state index is 13.1. The minimum absolute atomic E-state index is 0. The average Bonchev–Trinajstić information content (AvgIpc) is 3.18. The van der Waals surface area contributed by atoms with Crippen LogP contribution in [0.15, 0.2) is 73.8 Å². The molecule has 0 bridgehead atoms. The molecule has 60 heavy (non-hydrogen) atoms. The molecule has 2 aromatic carbocycles. The first-order chi connectivity index (χ1) is 27.3. The van der Waals surface area contributed by atoms with E-state index in [2.05, 4.69) is 23.8 Å². The van der Waals surface area contributed by atoms with E-state index in [9.17, 15) is 28.8 Å². The van der Waals surface area contributed by atoms with Gasteiger partial charge in [0.1, 0.15) is 41.4 Å². The quantitative estimate of drug-likeness (QED) is 0.120. The third kappa shape index (κ3) is 18.7. The van der Waals surface area contributed by atoms with Crippen LogP contribution in [0.1, 0.15) is 82.1 Å². The zero-order valence-corrected chi connectivity index (χ0v) is 34.8. The van der Waals surface area contributed by atoms with Gasteiger partial charge in [-0.1, -0.05) is 57.8 Å². The van der Waals surface area contributed by atoms with Crippen LogP contribution in [-0.2, 0) is 38.1 Å². The number of carbonyl (C=O) groups excluding carboxylic acids is 6. The van der Waals surface area contributed by atoms with Crippen LogP contribution in [-0.4, -0.2) is 110 Å². The standard InChI is InChI=1S/C22H30N2O6.C20H28N2O6.2CH4/c1-7-13-24(21(27)30-22(3,4)5)17(15-19(25)28-6)20(26)23-16-11-9-10-12-18(16)29-14-8-2;1-20(2,3)28-19(25)22-11-7-8-12-27-16-10-6-5-9-14(16)21-18(24)15(22)13-17(23)26-4;;/h7-12,17H,1-2,13-15H2,3-6H3,(H,23,26);5-6,9-10,15H,7-8,11-13H2,1-4H3,(H,21,24);2*1H4/t17-;15-;;/m00../s1. The molecule has 1 aliphatic rings. The number of carbonyl (C=O) groups is 6. The summed E-state index contributed by atoms with van der Waals surface area (Å²) in [6.07, 6.45) is 2.26. The van der Waals surface area contributed by atoms with Gasteiger partial charge in [0.2, 0.25) is 11.8 Å². The Morgan fingerprint density at radius 1 is 0.900 bits per heavy atom. The SMILES string of the molecule is C.C.C=CCOc1ccccc1NC(=O)[C@H](CC(=O)OC)N(CC=C)C(=O)OC(C)(C)C.COC(=O)C[C@H]1C(=O)Nc2ccccc2OCCCCN1C(=O)OC(C)(C)C. The fraction of sp³-hybridized carbons (Fsp3) is 0.500. The van der Waals surface area contributed by atoms with E-state index in [0.717, 1.165) is 4.90 Å². The molecule has 16 nitrogen and oxygen atoms in total. The van der Waals surface area contributed by atoms with Crippen molar-refractivity contribution in [3.05, 3.63) is 73.8 Å². The lowest BCUT2D eigenvalue weighted by molar-refractivity contribution is -0.144. The van der Waals surface area contributed by atoms with Gasteiger partial charge in [0.05, 0.1) is 45.0 Å². The van der Waals surface area contributed by atoms with Crippen LogP contribution in [0.2, 0.25) is 0 Å². The third-order valence-electron chi connectivity index (χ3n) is 7.81. The van der Waals surface area contributed by atoms with Crippen LogP contribution in [0.25, 0.3) is 0 Å². The number of fused-ring (bicyclic) bond motifs is 1. The summed E-state index contributed by atoms with van der Waals surface area (Å²) in [5, 5.41) is 5.48. The second-order valence-electron chi connectivity index (χ2n) is 14.8. The number of amides is 4. The van der Waals surface area contributed by atoms with Crippen molar-refractivity contribution in [3.8, 4) is 11.5 Å². The highest BCUT2D eigenvalue weighted by molar-refractivity contribution is 6.00. The third-order valence-corrected chi connectivity index (χ3v) is 7.81. The molecule has 0 fully saturated rings. The topological polar surface area (TPSA) is 188 Å². The van der Waals surface area contributed by atoms with Gasteiger partial charge in [-0.25, -0.2) is 9.59 Å². The number of para-hydroxylation sites is 4. The first-order valence-electron chi connectivity index (χ1n) is 18.7. The van der Waals surface area contributed by atoms with E-state index in [4.69, 9.17) is 28.4 Å². The first-order valence-corrected chi connectivity index (χ1v) is 18.7. The van der Waals surface area contributed by atoms with Crippen LogP contribution in [0, 0.1) is 0 Å².